The average Bonchev–Trinajstić information content (AvgIpc) is 2.75. The first kappa shape index (κ1) is 21.3. The summed E-state index contributed by atoms with van der Waals surface area (Å²) in [6.45, 7) is 11.9. The Bertz CT molecular complexity index is 618. The second kappa shape index (κ2) is 8.06. The number of hydrogen-bond donors (Lipinski definition) is 1. The molecule has 0 radical (unpaired) electrons. The molecule has 0 atom stereocenters. The predicted octanol–water partition coefficient (Wildman–Crippen LogP) is 3.33. The van der Waals surface area contributed by atoms with Gasteiger partial charge in [0, 0.05) is 19.8 Å². The van der Waals surface area contributed by atoms with Crippen molar-refractivity contribution >= 4 is 24.2 Å². The van der Waals surface area contributed by atoms with Crippen LogP contribution in [0.4, 0.5) is 5.69 Å². The summed E-state index contributed by atoms with van der Waals surface area (Å²) in [5.74, 6) is -0.962. The molecule has 138 valence electrons. The molecule has 6 heteroatoms. The molecule has 1 heterocycles. The highest BCUT2D eigenvalue weighted by molar-refractivity contribution is 6.62. The highest BCUT2D eigenvalue weighted by atomic mass is 16.7. The molecule has 0 spiro atoms. The lowest BCUT2D eigenvalue weighted by molar-refractivity contribution is 0.00578. The van der Waals surface area contributed by atoms with Crippen LogP contribution in [0.5, 0.6) is 0 Å². The molecule has 1 aromatic rings. The highest BCUT2D eigenvalue weighted by Crippen LogP contribution is 2.36. The van der Waals surface area contributed by atoms with Crippen molar-refractivity contribution in [2.24, 2.45) is 0 Å². The Hall–Kier alpha value is -1.79. The smallest absolute Gasteiger partial charge is 0.478 e. The summed E-state index contributed by atoms with van der Waals surface area (Å²) < 4.78 is 12.0. The number of allylic oxidation sites excluding steroid dienone is 2. The molecule has 25 heavy (non-hydrogen) atoms. The minimum Gasteiger partial charge on any atom is -0.478 e. The number of carbonyl (C=O) groups is 1. The average molecular weight is 347 g/mol. The molecule has 0 aromatic heterocycles. The second-order valence-electron chi connectivity index (χ2n) is 7.27. The summed E-state index contributed by atoms with van der Waals surface area (Å²) in [5.41, 5.74) is 0.854. The zero-order valence-corrected chi connectivity index (χ0v) is 16.6. The number of aromatic carboxylic acids is 1. The van der Waals surface area contributed by atoms with Gasteiger partial charge in [0.2, 0.25) is 0 Å². The van der Waals surface area contributed by atoms with Crippen LogP contribution in [-0.4, -0.2) is 43.5 Å². The third-order valence-electron chi connectivity index (χ3n) is 4.56. The van der Waals surface area contributed by atoms with Gasteiger partial charge in [0.15, 0.2) is 0 Å². The maximum atomic E-state index is 11.3. The number of carboxylic acids is 1. The van der Waals surface area contributed by atoms with Gasteiger partial charge in [-0.1, -0.05) is 12.2 Å². The van der Waals surface area contributed by atoms with Gasteiger partial charge in [-0.15, -0.1) is 0 Å². The van der Waals surface area contributed by atoms with Crippen LogP contribution < -0.4 is 10.4 Å². The number of rotatable bonds is 3. The van der Waals surface area contributed by atoms with Gasteiger partial charge in [-0.25, -0.2) is 4.79 Å². The monoisotopic (exact) mass is 347 g/mol. The maximum absolute atomic E-state index is 11.3. The van der Waals surface area contributed by atoms with Gasteiger partial charge in [-0.05, 0) is 65.2 Å². The Labute approximate surface area is 151 Å². The Kier molecular flexibility index (Phi) is 6.86. The number of nitrogens with zero attached hydrogens (tertiary/aromatic N) is 1. The van der Waals surface area contributed by atoms with Crippen LogP contribution in [0.25, 0.3) is 0 Å². The van der Waals surface area contributed by atoms with Crippen molar-refractivity contribution in [3.05, 3.63) is 35.9 Å². The lowest BCUT2D eigenvalue weighted by Gasteiger charge is -2.32. The van der Waals surface area contributed by atoms with Gasteiger partial charge in [0.25, 0.3) is 0 Å². The summed E-state index contributed by atoms with van der Waals surface area (Å²) in [6, 6.07) is 5.14. The summed E-state index contributed by atoms with van der Waals surface area (Å²) in [7, 11) is 3.18. The molecule has 5 nitrogen and oxygen atoms in total. The molecule has 0 saturated carbocycles. The molecular formula is C19H30BNO4. The van der Waals surface area contributed by atoms with Crippen molar-refractivity contribution in [2.75, 3.05) is 19.0 Å². The fraction of sp³-hybridized carbons (Fsp3) is 0.526. The van der Waals surface area contributed by atoms with E-state index in [2.05, 4.69) is 0 Å². The molecule has 0 amide bonds. The van der Waals surface area contributed by atoms with Crippen molar-refractivity contribution < 1.29 is 19.2 Å². The lowest BCUT2D eigenvalue weighted by atomic mass is 9.78. The molecule has 1 fully saturated rings. The van der Waals surface area contributed by atoms with Crippen LogP contribution in [0.1, 0.15) is 51.9 Å². The third-order valence-corrected chi connectivity index (χ3v) is 4.56. The van der Waals surface area contributed by atoms with Crippen LogP contribution in [-0.2, 0) is 9.31 Å². The fourth-order valence-electron chi connectivity index (χ4n) is 2.13. The number of carboxylic acid groups (broad SMARTS) is 1. The zero-order chi connectivity index (χ0) is 19.4. The third kappa shape index (κ3) is 5.09. The standard InChI is InChI=1S/C15H22BNO4.C4H8/c1-14(2)15(3,4)21-16(20-14)11-7-10(13(18)19)8-12(9-11)17(5)6;1-3-4-2/h7-9H,1-6H3,(H,18,19);3-4H,1-2H3/b;4-3-. The molecule has 1 N–H and O–H groups in total. The summed E-state index contributed by atoms with van der Waals surface area (Å²) in [6.07, 6.45) is 4.00. The van der Waals surface area contributed by atoms with Gasteiger partial charge in [0.05, 0.1) is 16.8 Å². The Morgan fingerprint density at radius 1 is 1.04 bits per heavy atom. The van der Waals surface area contributed by atoms with Crippen molar-refractivity contribution in [3.63, 3.8) is 0 Å². The molecule has 0 aliphatic carbocycles. The second-order valence-corrected chi connectivity index (χ2v) is 7.27. The molecule has 0 bridgehead atoms. The van der Waals surface area contributed by atoms with E-state index < -0.39 is 24.3 Å². The van der Waals surface area contributed by atoms with E-state index in [1.54, 1.807) is 12.1 Å². The van der Waals surface area contributed by atoms with Crippen molar-refractivity contribution in [3.8, 4) is 0 Å². The number of hydrogen-bond acceptors (Lipinski definition) is 4. The zero-order valence-electron chi connectivity index (χ0n) is 16.6. The molecule has 1 aliphatic heterocycles. The van der Waals surface area contributed by atoms with E-state index in [4.69, 9.17) is 9.31 Å². The van der Waals surface area contributed by atoms with Gasteiger partial charge in [-0.3, -0.25) is 0 Å². The van der Waals surface area contributed by atoms with Gasteiger partial charge in [-0.2, -0.15) is 0 Å². The van der Waals surface area contributed by atoms with Crippen molar-refractivity contribution in [2.45, 2.75) is 52.7 Å². The summed E-state index contributed by atoms with van der Waals surface area (Å²) in [4.78, 5) is 13.2. The van der Waals surface area contributed by atoms with Gasteiger partial charge < -0.3 is 19.3 Å². The van der Waals surface area contributed by atoms with Crippen LogP contribution in [0, 0.1) is 0 Å². The van der Waals surface area contributed by atoms with Gasteiger partial charge in [0.1, 0.15) is 0 Å². The Morgan fingerprint density at radius 2 is 1.52 bits per heavy atom. The minimum atomic E-state index is -0.962. The summed E-state index contributed by atoms with van der Waals surface area (Å²) in [5, 5.41) is 9.26. The Morgan fingerprint density at radius 3 is 1.88 bits per heavy atom. The molecule has 1 saturated heterocycles. The van der Waals surface area contributed by atoms with E-state index in [0.29, 0.717) is 0 Å². The molecule has 2 rings (SSSR count). The van der Waals surface area contributed by atoms with Crippen LogP contribution >= 0.6 is 0 Å². The molecule has 1 aliphatic rings. The van der Waals surface area contributed by atoms with Crippen LogP contribution in [0.3, 0.4) is 0 Å². The predicted molar refractivity (Wildman–Crippen MR) is 104 cm³/mol. The van der Waals surface area contributed by atoms with Crippen LogP contribution in [0.15, 0.2) is 30.4 Å². The van der Waals surface area contributed by atoms with E-state index >= 15 is 0 Å². The highest BCUT2D eigenvalue weighted by Gasteiger charge is 2.51. The quantitative estimate of drug-likeness (QED) is 0.671. The largest absolute Gasteiger partial charge is 0.494 e. The normalized spacial score (nSPS) is 18.0. The van der Waals surface area contributed by atoms with Crippen molar-refractivity contribution in [1.82, 2.24) is 0 Å². The molecule has 0 unspecified atom stereocenters. The number of anilines is 1. The van der Waals surface area contributed by atoms with E-state index in [-0.39, 0.29) is 5.56 Å². The topological polar surface area (TPSA) is 59.0 Å². The first-order valence-electron chi connectivity index (χ1n) is 8.43. The summed E-state index contributed by atoms with van der Waals surface area (Å²) >= 11 is 0. The fourth-order valence-corrected chi connectivity index (χ4v) is 2.13. The molecule has 1 aromatic carbocycles. The van der Waals surface area contributed by atoms with E-state index in [0.717, 1.165) is 11.2 Å². The minimum absolute atomic E-state index is 0.228. The van der Waals surface area contributed by atoms with E-state index in [1.807, 2.05) is 78.8 Å². The first-order valence-corrected chi connectivity index (χ1v) is 8.43. The maximum Gasteiger partial charge on any atom is 0.494 e. The SMILES string of the molecule is C/C=C\C.CN(C)c1cc(B2OC(C)(C)C(C)(C)O2)cc(C(=O)O)c1. The van der Waals surface area contributed by atoms with Crippen LogP contribution in [0.2, 0.25) is 0 Å². The first-order chi connectivity index (χ1) is 11.4. The van der Waals surface area contributed by atoms with E-state index in [9.17, 15) is 9.90 Å². The molecular weight excluding hydrogens is 317 g/mol. The number of benzene rings is 1. The Balaban J connectivity index is 0.000000705. The van der Waals surface area contributed by atoms with Crippen molar-refractivity contribution in [1.29, 1.82) is 0 Å². The van der Waals surface area contributed by atoms with Gasteiger partial charge >= 0.3 is 13.1 Å². The van der Waals surface area contributed by atoms with E-state index in [1.165, 1.54) is 0 Å². The lowest BCUT2D eigenvalue weighted by Crippen LogP contribution is -2.41.